The lowest BCUT2D eigenvalue weighted by Gasteiger charge is -2.29. The van der Waals surface area contributed by atoms with E-state index >= 15 is 0 Å². The summed E-state index contributed by atoms with van der Waals surface area (Å²) in [6.07, 6.45) is 1.69. The molecule has 0 fully saturated rings. The molecule has 0 bridgehead atoms. The Hall–Kier alpha value is -1.67. The highest BCUT2D eigenvalue weighted by Gasteiger charge is 2.37. The van der Waals surface area contributed by atoms with Crippen LogP contribution in [0.5, 0.6) is 0 Å². The summed E-state index contributed by atoms with van der Waals surface area (Å²) >= 11 is 0. The minimum atomic E-state index is -0.481. The van der Waals surface area contributed by atoms with Gasteiger partial charge in [-0.1, -0.05) is 18.2 Å². The van der Waals surface area contributed by atoms with Crippen LogP contribution in [0.25, 0.3) is 0 Å². The first-order valence-electron chi connectivity index (χ1n) is 7.08. The summed E-state index contributed by atoms with van der Waals surface area (Å²) < 4.78 is 13.4. The van der Waals surface area contributed by atoms with Crippen molar-refractivity contribution in [2.45, 2.75) is 39.2 Å². The molecule has 2 aromatic rings. The first-order chi connectivity index (χ1) is 9.41. The molecular formula is C18H20FN. The molecule has 0 amide bonds. The van der Waals surface area contributed by atoms with E-state index in [0.29, 0.717) is 0 Å². The first kappa shape index (κ1) is 13.3. The van der Waals surface area contributed by atoms with Gasteiger partial charge in [0.25, 0.3) is 0 Å². The SMILES string of the molecule is Cc1cc(C)c(C2(N)CCc3cc(F)ccc32)cc1C. The lowest BCUT2D eigenvalue weighted by atomic mass is 9.81. The van der Waals surface area contributed by atoms with E-state index in [1.807, 2.05) is 6.07 Å². The maximum atomic E-state index is 13.4. The number of benzene rings is 2. The molecule has 2 aromatic carbocycles. The summed E-state index contributed by atoms with van der Waals surface area (Å²) in [4.78, 5) is 0. The van der Waals surface area contributed by atoms with Crippen molar-refractivity contribution in [1.29, 1.82) is 0 Å². The molecule has 20 heavy (non-hydrogen) atoms. The number of halogens is 1. The van der Waals surface area contributed by atoms with E-state index in [1.54, 1.807) is 6.07 Å². The quantitative estimate of drug-likeness (QED) is 0.835. The van der Waals surface area contributed by atoms with Crippen LogP contribution in [0.1, 0.15) is 39.8 Å². The molecule has 0 aliphatic heterocycles. The van der Waals surface area contributed by atoms with Crippen LogP contribution in [-0.2, 0) is 12.0 Å². The van der Waals surface area contributed by atoms with E-state index in [-0.39, 0.29) is 5.82 Å². The molecule has 0 heterocycles. The van der Waals surface area contributed by atoms with Crippen molar-refractivity contribution in [3.05, 3.63) is 69.5 Å². The average Bonchev–Trinajstić information content (AvgIpc) is 2.72. The zero-order valence-corrected chi connectivity index (χ0v) is 12.3. The largest absolute Gasteiger partial charge is 0.318 e. The van der Waals surface area contributed by atoms with Gasteiger partial charge in [-0.25, -0.2) is 4.39 Å². The molecule has 1 unspecified atom stereocenters. The fourth-order valence-corrected chi connectivity index (χ4v) is 3.39. The van der Waals surface area contributed by atoms with E-state index < -0.39 is 5.54 Å². The van der Waals surface area contributed by atoms with Crippen LogP contribution in [0.4, 0.5) is 4.39 Å². The van der Waals surface area contributed by atoms with Gasteiger partial charge in [0.05, 0.1) is 5.54 Å². The van der Waals surface area contributed by atoms with Gasteiger partial charge in [-0.05, 0) is 79.1 Å². The maximum Gasteiger partial charge on any atom is 0.123 e. The Morgan fingerprint density at radius 1 is 0.950 bits per heavy atom. The smallest absolute Gasteiger partial charge is 0.123 e. The molecule has 2 heteroatoms. The number of rotatable bonds is 1. The third-order valence-electron chi connectivity index (χ3n) is 4.66. The van der Waals surface area contributed by atoms with Crippen molar-refractivity contribution in [2.24, 2.45) is 5.73 Å². The molecular weight excluding hydrogens is 249 g/mol. The van der Waals surface area contributed by atoms with E-state index in [4.69, 9.17) is 5.73 Å². The third kappa shape index (κ3) is 1.87. The standard InChI is InChI=1S/C18H20FN/c1-11-8-13(3)17(9-12(11)2)18(20)7-6-14-10-15(19)4-5-16(14)18/h4-5,8-10H,6-7,20H2,1-3H3. The van der Waals surface area contributed by atoms with Crippen LogP contribution >= 0.6 is 0 Å². The topological polar surface area (TPSA) is 26.0 Å². The van der Waals surface area contributed by atoms with Crippen LogP contribution in [0.3, 0.4) is 0 Å². The Kier molecular flexibility index (Phi) is 2.94. The number of hydrogen-bond acceptors (Lipinski definition) is 1. The lowest BCUT2D eigenvalue weighted by molar-refractivity contribution is 0.531. The lowest BCUT2D eigenvalue weighted by Crippen LogP contribution is -2.36. The van der Waals surface area contributed by atoms with Crippen LogP contribution in [0.15, 0.2) is 30.3 Å². The van der Waals surface area contributed by atoms with Gasteiger partial charge in [-0.15, -0.1) is 0 Å². The molecule has 1 nitrogen and oxygen atoms in total. The Morgan fingerprint density at radius 2 is 1.65 bits per heavy atom. The number of fused-ring (bicyclic) bond motifs is 1. The first-order valence-corrected chi connectivity index (χ1v) is 7.08. The van der Waals surface area contributed by atoms with Gasteiger partial charge < -0.3 is 5.73 Å². The van der Waals surface area contributed by atoms with E-state index in [9.17, 15) is 4.39 Å². The number of hydrogen-bond donors (Lipinski definition) is 1. The molecule has 2 N–H and O–H groups in total. The van der Waals surface area contributed by atoms with Crippen LogP contribution < -0.4 is 5.73 Å². The zero-order valence-electron chi connectivity index (χ0n) is 12.3. The highest BCUT2D eigenvalue weighted by molar-refractivity contribution is 5.51. The predicted octanol–water partition coefficient (Wildman–Crippen LogP) is 3.90. The van der Waals surface area contributed by atoms with Crippen LogP contribution in [-0.4, -0.2) is 0 Å². The molecule has 3 rings (SSSR count). The van der Waals surface area contributed by atoms with Gasteiger partial charge in [0.15, 0.2) is 0 Å². The summed E-state index contributed by atoms with van der Waals surface area (Å²) in [6.45, 7) is 6.34. The predicted molar refractivity (Wildman–Crippen MR) is 80.3 cm³/mol. The summed E-state index contributed by atoms with van der Waals surface area (Å²) in [5.74, 6) is -0.176. The van der Waals surface area contributed by atoms with Gasteiger partial charge >= 0.3 is 0 Å². The molecule has 104 valence electrons. The van der Waals surface area contributed by atoms with Crippen molar-refractivity contribution in [3.8, 4) is 0 Å². The highest BCUT2D eigenvalue weighted by atomic mass is 19.1. The molecule has 1 aliphatic carbocycles. The van der Waals surface area contributed by atoms with E-state index in [0.717, 1.165) is 24.0 Å². The summed E-state index contributed by atoms with van der Waals surface area (Å²) in [5, 5.41) is 0. The molecule has 0 saturated carbocycles. The van der Waals surface area contributed by atoms with Crippen molar-refractivity contribution >= 4 is 0 Å². The van der Waals surface area contributed by atoms with Gasteiger partial charge in [0, 0.05) is 0 Å². The third-order valence-corrected chi connectivity index (χ3v) is 4.66. The van der Waals surface area contributed by atoms with Gasteiger partial charge in [-0.2, -0.15) is 0 Å². The van der Waals surface area contributed by atoms with Crippen molar-refractivity contribution in [3.63, 3.8) is 0 Å². The molecule has 1 aliphatic rings. The summed E-state index contributed by atoms with van der Waals surface area (Å²) in [6, 6.07) is 9.39. The van der Waals surface area contributed by atoms with Crippen molar-refractivity contribution < 1.29 is 4.39 Å². The second kappa shape index (κ2) is 4.42. The Bertz CT molecular complexity index is 690. The average molecular weight is 269 g/mol. The second-order valence-electron chi connectivity index (χ2n) is 6.02. The molecule has 0 radical (unpaired) electrons. The highest BCUT2D eigenvalue weighted by Crippen LogP contribution is 2.41. The molecule has 1 atom stereocenters. The maximum absolute atomic E-state index is 13.4. The minimum absolute atomic E-state index is 0.176. The van der Waals surface area contributed by atoms with Gasteiger partial charge in [-0.3, -0.25) is 0 Å². The second-order valence-corrected chi connectivity index (χ2v) is 6.02. The Labute approximate surface area is 119 Å². The van der Waals surface area contributed by atoms with Gasteiger partial charge in [0.1, 0.15) is 5.82 Å². The van der Waals surface area contributed by atoms with E-state index in [2.05, 4.69) is 32.9 Å². The summed E-state index contributed by atoms with van der Waals surface area (Å²) in [5.41, 5.74) is 13.3. The number of aryl methyl sites for hydroxylation is 4. The monoisotopic (exact) mass is 269 g/mol. The Morgan fingerprint density at radius 3 is 2.40 bits per heavy atom. The van der Waals surface area contributed by atoms with Gasteiger partial charge in [0.2, 0.25) is 0 Å². The normalized spacial score (nSPS) is 21.1. The fourth-order valence-electron chi connectivity index (χ4n) is 3.39. The molecule has 0 spiro atoms. The molecule has 0 saturated heterocycles. The van der Waals surface area contributed by atoms with Crippen LogP contribution in [0.2, 0.25) is 0 Å². The van der Waals surface area contributed by atoms with Crippen LogP contribution in [0, 0.1) is 26.6 Å². The zero-order chi connectivity index (χ0) is 14.5. The van der Waals surface area contributed by atoms with Crippen molar-refractivity contribution in [2.75, 3.05) is 0 Å². The Balaban J connectivity index is 2.19. The number of nitrogens with two attached hydrogens (primary N) is 1. The van der Waals surface area contributed by atoms with E-state index in [1.165, 1.54) is 28.3 Å². The fraction of sp³-hybridized carbons (Fsp3) is 0.333. The summed E-state index contributed by atoms with van der Waals surface area (Å²) in [7, 11) is 0. The minimum Gasteiger partial charge on any atom is -0.318 e. The molecule has 0 aromatic heterocycles. The van der Waals surface area contributed by atoms with Crippen molar-refractivity contribution in [1.82, 2.24) is 0 Å².